The molecule has 1 spiro atoms. The second-order valence-corrected chi connectivity index (χ2v) is 11.3. The van der Waals surface area contributed by atoms with E-state index in [1.54, 1.807) is 29.2 Å². The molecule has 0 radical (unpaired) electrons. The van der Waals surface area contributed by atoms with Crippen LogP contribution >= 0.6 is 15.9 Å². The maximum absolute atomic E-state index is 13.4. The molecule has 1 N–H and O–H groups in total. The summed E-state index contributed by atoms with van der Waals surface area (Å²) in [5.74, 6) is 0.719. The Kier molecular flexibility index (Phi) is 6.63. The van der Waals surface area contributed by atoms with Gasteiger partial charge in [-0.2, -0.15) is 0 Å². The lowest BCUT2D eigenvalue weighted by atomic mass is 9.73. The van der Waals surface area contributed by atoms with Gasteiger partial charge in [0, 0.05) is 29.5 Å². The number of hydrogen-bond donors (Lipinski definition) is 1. The molecule has 7 nitrogen and oxygen atoms in total. The van der Waals surface area contributed by atoms with Crippen LogP contribution in [0.5, 0.6) is 5.75 Å². The summed E-state index contributed by atoms with van der Waals surface area (Å²) in [6.07, 6.45) is 2.63. The third kappa shape index (κ3) is 4.44. The molecule has 1 amide bonds. The van der Waals surface area contributed by atoms with Crippen LogP contribution in [0.25, 0.3) is 0 Å². The van der Waals surface area contributed by atoms with Crippen molar-refractivity contribution in [2.75, 3.05) is 50.5 Å². The number of nitrogens with zero attached hydrogens (tertiary/aromatic N) is 2. The number of halogens is 1. The van der Waals surface area contributed by atoms with Crippen LogP contribution in [0.15, 0.2) is 51.8 Å². The standard InChI is InChI=1S/C23H27BrN2O5S/c1-32(29,30)19-5-3-18(4-6-19)31-15-13-25-10-8-23(9-11-25)20-16-17(24)2-7-21(20)26(12-14-27)22(23)28/h2-7,16,27H,8-15H2,1H3. The summed E-state index contributed by atoms with van der Waals surface area (Å²) in [6.45, 7) is 3.01. The summed E-state index contributed by atoms with van der Waals surface area (Å²) in [7, 11) is -3.22. The number of aliphatic hydroxyl groups is 1. The number of carbonyl (C=O) groups is 1. The summed E-state index contributed by atoms with van der Waals surface area (Å²) in [4.78, 5) is 17.6. The van der Waals surface area contributed by atoms with Crippen molar-refractivity contribution in [1.82, 2.24) is 4.90 Å². The van der Waals surface area contributed by atoms with E-state index in [1.165, 1.54) is 6.26 Å². The van der Waals surface area contributed by atoms with Gasteiger partial charge in [-0.05, 0) is 74.0 Å². The minimum absolute atomic E-state index is 0.0635. The summed E-state index contributed by atoms with van der Waals surface area (Å²) in [6, 6.07) is 12.4. The number of likely N-dealkylation sites (tertiary alicyclic amines) is 1. The van der Waals surface area contributed by atoms with E-state index in [9.17, 15) is 18.3 Å². The van der Waals surface area contributed by atoms with Crippen molar-refractivity contribution >= 4 is 37.4 Å². The van der Waals surface area contributed by atoms with Gasteiger partial charge in [-0.25, -0.2) is 8.42 Å². The van der Waals surface area contributed by atoms with Crippen molar-refractivity contribution in [2.45, 2.75) is 23.2 Å². The summed E-state index contributed by atoms with van der Waals surface area (Å²) < 4.78 is 29.9. The number of fused-ring (bicyclic) bond motifs is 2. The van der Waals surface area contributed by atoms with E-state index in [0.29, 0.717) is 18.9 Å². The molecular formula is C23H27BrN2O5S. The van der Waals surface area contributed by atoms with Crippen molar-refractivity contribution in [1.29, 1.82) is 0 Å². The molecule has 0 unspecified atom stereocenters. The van der Waals surface area contributed by atoms with Crippen molar-refractivity contribution in [3.05, 3.63) is 52.5 Å². The molecule has 2 heterocycles. The highest BCUT2D eigenvalue weighted by Gasteiger charge is 2.51. The van der Waals surface area contributed by atoms with Crippen LogP contribution < -0.4 is 9.64 Å². The minimum Gasteiger partial charge on any atom is -0.492 e. The van der Waals surface area contributed by atoms with Gasteiger partial charge in [-0.1, -0.05) is 15.9 Å². The molecule has 1 fully saturated rings. The van der Waals surface area contributed by atoms with Crippen molar-refractivity contribution in [3.8, 4) is 5.75 Å². The lowest BCUT2D eigenvalue weighted by Crippen LogP contribution is -2.49. The Bertz CT molecular complexity index is 1100. The number of amides is 1. The van der Waals surface area contributed by atoms with Gasteiger partial charge in [0.2, 0.25) is 5.91 Å². The van der Waals surface area contributed by atoms with Crippen LogP contribution in [0.3, 0.4) is 0 Å². The zero-order valence-corrected chi connectivity index (χ0v) is 20.4. The van der Waals surface area contributed by atoms with Crippen LogP contribution in [-0.2, 0) is 20.0 Å². The first kappa shape index (κ1) is 23.2. The smallest absolute Gasteiger partial charge is 0.237 e. The molecule has 2 aromatic rings. The van der Waals surface area contributed by atoms with Gasteiger partial charge in [-0.3, -0.25) is 9.69 Å². The molecule has 32 heavy (non-hydrogen) atoms. The first-order chi connectivity index (χ1) is 15.2. The third-order valence-corrected chi connectivity index (χ3v) is 8.00. The zero-order valence-electron chi connectivity index (χ0n) is 18.0. The number of β-amino-alcohol motifs (C(OH)–C–C–N with tert-alkyl or cyclic N) is 1. The van der Waals surface area contributed by atoms with Gasteiger partial charge in [-0.15, -0.1) is 0 Å². The molecule has 1 saturated heterocycles. The summed E-state index contributed by atoms with van der Waals surface area (Å²) in [5, 5.41) is 9.44. The molecule has 4 rings (SSSR count). The van der Waals surface area contributed by atoms with Crippen LogP contribution in [0.1, 0.15) is 18.4 Å². The molecule has 0 aromatic heterocycles. The Morgan fingerprint density at radius 2 is 1.78 bits per heavy atom. The van der Waals surface area contributed by atoms with Crippen molar-refractivity contribution in [3.63, 3.8) is 0 Å². The fraction of sp³-hybridized carbons (Fsp3) is 0.435. The lowest BCUT2D eigenvalue weighted by molar-refractivity contribution is -0.125. The Morgan fingerprint density at radius 1 is 1.09 bits per heavy atom. The van der Waals surface area contributed by atoms with E-state index < -0.39 is 15.3 Å². The molecule has 0 bridgehead atoms. The second kappa shape index (κ2) is 9.13. The van der Waals surface area contributed by atoms with E-state index in [-0.39, 0.29) is 17.4 Å². The van der Waals surface area contributed by atoms with Gasteiger partial charge in [0.15, 0.2) is 9.84 Å². The average molecular weight is 523 g/mol. The number of sulfone groups is 1. The van der Waals surface area contributed by atoms with Crippen LogP contribution in [-0.4, -0.2) is 70.0 Å². The SMILES string of the molecule is CS(=O)(=O)c1ccc(OCCN2CCC3(CC2)C(=O)N(CCO)c2ccc(Br)cc23)cc1. The topological polar surface area (TPSA) is 87.2 Å². The van der Waals surface area contributed by atoms with Gasteiger partial charge in [0.05, 0.1) is 16.9 Å². The van der Waals surface area contributed by atoms with Crippen LogP contribution in [0.4, 0.5) is 5.69 Å². The molecule has 2 aliphatic rings. The number of hydrogen-bond acceptors (Lipinski definition) is 6. The third-order valence-electron chi connectivity index (χ3n) is 6.38. The first-order valence-electron chi connectivity index (χ1n) is 10.6. The fourth-order valence-corrected chi connectivity index (χ4v) is 5.64. The van der Waals surface area contributed by atoms with Gasteiger partial charge >= 0.3 is 0 Å². The lowest BCUT2D eigenvalue weighted by Gasteiger charge is -2.38. The number of anilines is 1. The highest BCUT2D eigenvalue weighted by Crippen LogP contribution is 2.48. The van der Waals surface area contributed by atoms with E-state index in [0.717, 1.165) is 48.2 Å². The Labute approximate surface area is 197 Å². The molecule has 0 atom stereocenters. The number of carbonyl (C=O) groups excluding carboxylic acids is 1. The first-order valence-corrected chi connectivity index (χ1v) is 13.3. The highest BCUT2D eigenvalue weighted by atomic mass is 79.9. The maximum Gasteiger partial charge on any atom is 0.237 e. The van der Waals surface area contributed by atoms with Crippen molar-refractivity contribution < 1.29 is 23.1 Å². The van der Waals surface area contributed by atoms with E-state index in [2.05, 4.69) is 20.8 Å². The Balaban J connectivity index is 1.37. The number of ether oxygens (including phenoxy) is 1. The van der Waals surface area contributed by atoms with Gasteiger partial charge in [0.1, 0.15) is 12.4 Å². The molecule has 0 aliphatic carbocycles. The molecule has 0 saturated carbocycles. The summed E-state index contributed by atoms with van der Waals surface area (Å²) in [5.41, 5.74) is 1.42. The molecule has 2 aromatic carbocycles. The Morgan fingerprint density at radius 3 is 2.41 bits per heavy atom. The van der Waals surface area contributed by atoms with E-state index in [1.807, 2.05) is 18.2 Å². The minimum atomic E-state index is -3.22. The predicted octanol–water partition coefficient (Wildman–Crippen LogP) is 2.60. The quantitative estimate of drug-likeness (QED) is 0.601. The van der Waals surface area contributed by atoms with Gasteiger partial charge < -0.3 is 14.7 Å². The molecule has 9 heteroatoms. The largest absolute Gasteiger partial charge is 0.492 e. The van der Waals surface area contributed by atoms with Crippen LogP contribution in [0, 0.1) is 0 Å². The zero-order chi connectivity index (χ0) is 22.9. The van der Waals surface area contributed by atoms with E-state index >= 15 is 0 Å². The normalized spacial score (nSPS) is 18.2. The van der Waals surface area contributed by atoms with Gasteiger partial charge in [0.25, 0.3) is 0 Å². The summed E-state index contributed by atoms with van der Waals surface area (Å²) >= 11 is 3.54. The average Bonchev–Trinajstić information content (AvgIpc) is 2.97. The molecular weight excluding hydrogens is 496 g/mol. The molecule has 2 aliphatic heterocycles. The Hall–Kier alpha value is -1.94. The number of aliphatic hydroxyl groups excluding tert-OH is 1. The highest BCUT2D eigenvalue weighted by molar-refractivity contribution is 9.10. The number of piperidine rings is 1. The number of benzene rings is 2. The molecule has 172 valence electrons. The van der Waals surface area contributed by atoms with E-state index in [4.69, 9.17) is 4.74 Å². The predicted molar refractivity (Wildman–Crippen MR) is 126 cm³/mol. The fourth-order valence-electron chi connectivity index (χ4n) is 4.65. The maximum atomic E-state index is 13.4. The monoisotopic (exact) mass is 522 g/mol. The van der Waals surface area contributed by atoms with Crippen LogP contribution in [0.2, 0.25) is 0 Å². The number of rotatable bonds is 7. The second-order valence-electron chi connectivity index (χ2n) is 8.36. The van der Waals surface area contributed by atoms with Crippen molar-refractivity contribution in [2.24, 2.45) is 0 Å².